The van der Waals surface area contributed by atoms with Gasteiger partial charge in [0.05, 0.1) is 17.3 Å². The monoisotopic (exact) mass is 469 g/mol. The van der Waals surface area contributed by atoms with Gasteiger partial charge in [0.1, 0.15) is 0 Å². The van der Waals surface area contributed by atoms with Crippen molar-refractivity contribution in [3.05, 3.63) is 65.2 Å². The Morgan fingerprint density at radius 1 is 1.03 bits per heavy atom. The third-order valence-corrected chi connectivity index (χ3v) is 6.87. The van der Waals surface area contributed by atoms with Crippen molar-refractivity contribution in [3.8, 4) is 11.4 Å². The van der Waals surface area contributed by atoms with Crippen LogP contribution >= 0.6 is 23.4 Å². The molecular weight excluding hydrogens is 446 g/mol. The van der Waals surface area contributed by atoms with Crippen molar-refractivity contribution in [3.63, 3.8) is 0 Å². The summed E-state index contributed by atoms with van der Waals surface area (Å²) in [4.78, 5) is 25.9. The highest BCUT2D eigenvalue weighted by Crippen LogP contribution is 2.30. The fraction of sp³-hybridized carbons (Fsp3) is 0.304. The Kier molecular flexibility index (Phi) is 7.12. The first-order chi connectivity index (χ1) is 15.5. The van der Waals surface area contributed by atoms with Crippen molar-refractivity contribution in [1.82, 2.24) is 19.7 Å². The van der Waals surface area contributed by atoms with Crippen LogP contribution in [0.15, 0.2) is 59.8 Å². The van der Waals surface area contributed by atoms with Gasteiger partial charge < -0.3 is 10.6 Å². The van der Waals surface area contributed by atoms with E-state index in [-0.39, 0.29) is 23.5 Å². The highest BCUT2D eigenvalue weighted by Gasteiger charge is 2.26. The maximum atomic E-state index is 12.8. The Morgan fingerprint density at radius 2 is 1.72 bits per heavy atom. The summed E-state index contributed by atoms with van der Waals surface area (Å²) < 4.78 is 1.99. The van der Waals surface area contributed by atoms with Crippen LogP contribution in [0.5, 0.6) is 0 Å². The molecule has 2 amide bonds. The van der Waals surface area contributed by atoms with Crippen LogP contribution in [0.1, 0.15) is 18.4 Å². The van der Waals surface area contributed by atoms with E-state index < -0.39 is 0 Å². The van der Waals surface area contributed by atoms with E-state index in [4.69, 9.17) is 17.3 Å². The second-order valence-electron chi connectivity index (χ2n) is 7.70. The van der Waals surface area contributed by atoms with Crippen molar-refractivity contribution in [2.45, 2.75) is 24.5 Å². The molecule has 0 unspecified atom stereocenters. The number of primary amides is 1. The number of benzene rings is 2. The third kappa shape index (κ3) is 5.14. The first-order valence-corrected chi connectivity index (χ1v) is 11.8. The zero-order valence-electron chi connectivity index (χ0n) is 17.5. The zero-order valence-corrected chi connectivity index (χ0v) is 19.1. The number of rotatable bonds is 7. The molecule has 0 aliphatic carbocycles. The summed E-state index contributed by atoms with van der Waals surface area (Å²) in [6.45, 7) is 1.66. The van der Waals surface area contributed by atoms with Crippen LogP contribution in [-0.4, -0.2) is 50.3 Å². The normalized spacial score (nSPS) is 14.5. The highest BCUT2D eigenvalue weighted by molar-refractivity contribution is 7.99. The maximum absolute atomic E-state index is 12.8. The predicted octanol–water partition coefficient (Wildman–Crippen LogP) is 3.46. The number of hydrogen-bond donors (Lipinski definition) is 1. The summed E-state index contributed by atoms with van der Waals surface area (Å²) in [5.74, 6) is 0.506. The molecule has 4 rings (SSSR count). The average Bonchev–Trinajstić information content (AvgIpc) is 3.20. The largest absolute Gasteiger partial charge is 0.369 e. The number of hydrogen-bond acceptors (Lipinski definition) is 5. The van der Waals surface area contributed by atoms with Gasteiger partial charge >= 0.3 is 0 Å². The van der Waals surface area contributed by atoms with E-state index in [0.717, 1.165) is 11.1 Å². The lowest BCUT2D eigenvalue weighted by Gasteiger charge is -2.30. The van der Waals surface area contributed by atoms with Crippen LogP contribution in [0.3, 0.4) is 0 Å². The van der Waals surface area contributed by atoms with Crippen molar-refractivity contribution < 1.29 is 9.59 Å². The minimum Gasteiger partial charge on any atom is -0.369 e. The molecule has 3 aromatic rings. The Morgan fingerprint density at radius 3 is 2.41 bits per heavy atom. The van der Waals surface area contributed by atoms with Crippen molar-refractivity contribution in [2.24, 2.45) is 11.7 Å². The van der Waals surface area contributed by atoms with Gasteiger partial charge in [0, 0.05) is 24.6 Å². The lowest BCUT2D eigenvalue weighted by molar-refractivity contribution is -0.132. The van der Waals surface area contributed by atoms with Gasteiger partial charge in [0.2, 0.25) is 11.8 Å². The number of nitrogens with two attached hydrogens (primary N) is 1. The molecule has 7 nitrogen and oxygen atoms in total. The zero-order chi connectivity index (χ0) is 22.5. The minimum atomic E-state index is -0.285. The number of carbonyl (C=O) groups is 2. The fourth-order valence-electron chi connectivity index (χ4n) is 3.78. The van der Waals surface area contributed by atoms with Crippen molar-refractivity contribution >= 4 is 35.2 Å². The minimum absolute atomic E-state index is 0.0199. The second kappa shape index (κ2) is 10.2. The lowest BCUT2D eigenvalue weighted by atomic mass is 9.96. The standard InChI is InChI=1S/C23H24ClN5O2S/c24-19-9-5-4-8-18(19)22-26-27-23(29(22)14-16-6-2-1-3-7-16)32-15-20(30)28-12-10-17(11-13-28)21(25)31/h1-9,17H,10-15H2,(H2,25,31). The van der Waals surface area contributed by atoms with Gasteiger partial charge in [-0.2, -0.15) is 0 Å². The number of piperidine rings is 1. The molecule has 0 bridgehead atoms. The summed E-state index contributed by atoms with van der Waals surface area (Å²) in [5.41, 5.74) is 7.29. The molecule has 2 heterocycles. The molecule has 166 valence electrons. The summed E-state index contributed by atoms with van der Waals surface area (Å²) >= 11 is 7.78. The van der Waals surface area contributed by atoms with Crippen molar-refractivity contribution in [2.75, 3.05) is 18.8 Å². The molecule has 1 fully saturated rings. The third-order valence-electron chi connectivity index (χ3n) is 5.59. The maximum Gasteiger partial charge on any atom is 0.233 e. The Labute approximate surface area is 196 Å². The SMILES string of the molecule is NC(=O)C1CCN(C(=O)CSc2nnc(-c3ccccc3Cl)n2Cc2ccccc2)CC1. The van der Waals surface area contributed by atoms with Gasteiger partial charge in [-0.05, 0) is 30.5 Å². The number of likely N-dealkylation sites (tertiary alicyclic amines) is 1. The van der Waals surface area contributed by atoms with E-state index >= 15 is 0 Å². The summed E-state index contributed by atoms with van der Waals surface area (Å²) in [6.07, 6.45) is 1.24. The van der Waals surface area contributed by atoms with E-state index in [2.05, 4.69) is 10.2 Å². The van der Waals surface area contributed by atoms with Gasteiger partial charge in [-0.25, -0.2) is 0 Å². The van der Waals surface area contributed by atoms with E-state index in [1.807, 2.05) is 59.2 Å². The highest BCUT2D eigenvalue weighted by atomic mass is 35.5. The molecule has 2 N–H and O–H groups in total. The van der Waals surface area contributed by atoms with E-state index in [1.165, 1.54) is 11.8 Å². The molecule has 0 atom stereocenters. The number of amides is 2. The number of aromatic nitrogens is 3. The molecule has 0 radical (unpaired) electrons. The molecule has 0 spiro atoms. The molecule has 1 aliphatic heterocycles. The van der Waals surface area contributed by atoms with Crippen LogP contribution in [0.2, 0.25) is 5.02 Å². The Bertz CT molecular complexity index is 1100. The van der Waals surface area contributed by atoms with Gasteiger partial charge in [-0.1, -0.05) is 65.8 Å². The number of nitrogens with zero attached hydrogens (tertiary/aromatic N) is 4. The fourth-order valence-corrected chi connectivity index (χ4v) is 4.84. The van der Waals surface area contributed by atoms with Gasteiger partial charge in [0.15, 0.2) is 11.0 Å². The molecule has 1 aliphatic rings. The average molecular weight is 470 g/mol. The Balaban J connectivity index is 1.51. The molecule has 2 aromatic carbocycles. The summed E-state index contributed by atoms with van der Waals surface area (Å²) in [6, 6.07) is 17.6. The van der Waals surface area contributed by atoms with Crippen LogP contribution in [0.25, 0.3) is 11.4 Å². The smallest absolute Gasteiger partial charge is 0.233 e. The van der Waals surface area contributed by atoms with Crippen LogP contribution in [0, 0.1) is 5.92 Å². The number of carbonyl (C=O) groups excluding carboxylic acids is 2. The lowest BCUT2D eigenvalue weighted by Crippen LogP contribution is -2.42. The topological polar surface area (TPSA) is 94.1 Å². The predicted molar refractivity (Wildman–Crippen MR) is 125 cm³/mol. The first-order valence-electron chi connectivity index (χ1n) is 10.4. The van der Waals surface area contributed by atoms with Crippen LogP contribution in [-0.2, 0) is 16.1 Å². The van der Waals surface area contributed by atoms with Crippen LogP contribution < -0.4 is 5.73 Å². The molecule has 1 aromatic heterocycles. The van der Waals surface area contributed by atoms with Gasteiger partial charge in [-0.3, -0.25) is 14.2 Å². The van der Waals surface area contributed by atoms with E-state index in [9.17, 15) is 9.59 Å². The van der Waals surface area contributed by atoms with Gasteiger partial charge in [-0.15, -0.1) is 10.2 Å². The molecule has 0 saturated carbocycles. The van der Waals surface area contributed by atoms with Gasteiger partial charge in [0.25, 0.3) is 0 Å². The second-order valence-corrected chi connectivity index (χ2v) is 9.05. The molecule has 9 heteroatoms. The van der Waals surface area contributed by atoms with E-state index in [1.54, 1.807) is 4.90 Å². The van der Waals surface area contributed by atoms with Crippen LogP contribution in [0.4, 0.5) is 0 Å². The Hall–Kier alpha value is -2.84. The van der Waals surface area contributed by atoms with Crippen molar-refractivity contribution in [1.29, 1.82) is 0 Å². The molecule has 32 heavy (non-hydrogen) atoms. The first kappa shape index (κ1) is 22.4. The molecule has 1 saturated heterocycles. The number of thioether (sulfide) groups is 1. The number of halogens is 1. The summed E-state index contributed by atoms with van der Waals surface area (Å²) in [5, 5.41) is 10.0. The molecular formula is C23H24ClN5O2S. The summed E-state index contributed by atoms with van der Waals surface area (Å²) in [7, 11) is 0. The van der Waals surface area contributed by atoms with E-state index in [0.29, 0.717) is 48.5 Å². The quantitative estimate of drug-likeness (QED) is 0.535.